The van der Waals surface area contributed by atoms with Crippen LogP contribution < -0.4 is 10.6 Å². The SMILES string of the molecule is CC(C)[C@H](NC(=O)c1ccco1)C(=O)OCC(=O)Nc1cc(Cl)cc(Cl)c1. The highest BCUT2D eigenvalue weighted by Gasteiger charge is 2.27. The minimum atomic E-state index is -0.934. The number of rotatable bonds is 7. The molecule has 0 unspecified atom stereocenters. The van der Waals surface area contributed by atoms with Crippen molar-refractivity contribution in [1.29, 1.82) is 0 Å². The average molecular weight is 413 g/mol. The van der Waals surface area contributed by atoms with Crippen LogP contribution in [0.4, 0.5) is 5.69 Å². The standard InChI is InChI=1S/C18H18Cl2N2O5/c1-10(2)16(22-17(24)14-4-3-5-26-14)18(25)27-9-15(23)21-13-7-11(19)6-12(20)8-13/h3-8,10,16H,9H2,1-2H3,(H,21,23)(H,22,24)/t16-/m0/s1. The van der Waals surface area contributed by atoms with Crippen molar-refractivity contribution in [3.8, 4) is 0 Å². The molecule has 7 nitrogen and oxygen atoms in total. The molecule has 0 bridgehead atoms. The van der Waals surface area contributed by atoms with E-state index in [9.17, 15) is 14.4 Å². The lowest BCUT2D eigenvalue weighted by molar-refractivity contribution is -0.150. The molecule has 1 atom stereocenters. The van der Waals surface area contributed by atoms with Gasteiger partial charge in [0.2, 0.25) is 0 Å². The first-order valence-corrected chi connectivity index (χ1v) is 8.79. The van der Waals surface area contributed by atoms with E-state index in [4.69, 9.17) is 32.4 Å². The van der Waals surface area contributed by atoms with Crippen LogP contribution in [-0.4, -0.2) is 30.4 Å². The molecule has 0 aliphatic rings. The molecule has 27 heavy (non-hydrogen) atoms. The van der Waals surface area contributed by atoms with Crippen LogP contribution in [0.3, 0.4) is 0 Å². The second-order valence-electron chi connectivity index (χ2n) is 5.99. The molecule has 2 N–H and O–H groups in total. The fourth-order valence-electron chi connectivity index (χ4n) is 2.17. The fraction of sp³-hybridized carbons (Fsp3) is 0.278. The van der Waals surface area contributed by atoms with Crippen LogP contribution in [0.2, 0.25) is 10.0 Å². The Kier molecular flexibility index (Phi) is 7.27. The van der Waals surface area contributed by atoms with Crippen molar-refractivity contribution in [1.82, 2.24) is 5.32 Å². The smallest absolute Gasteiger partial charge is 0.329 e. The lowest BCUT2D eigenvalue weighted by atomic mass is 10.0. The van der Waals surface area contributed by atoms with Crippen LogP contribution in [0, 0.1) is 5.92 Å². The molecule has 144 valence electrons. The number of hydrogen-bond acceptors (Lipinski definition) is 5. The summed E-state index contributed by atoms with van der Waals surface area (Å²) in [7, 11) is 0. The third-order valence-corrected chi connectivity index (χ3v) is 3.88. The summed E-state index contributed by atoms with van der Waals surface area (Å²) >= 11 is 11.7. The second-order valence-corrected chi connectivity index (χ2v) is 6.86. The minimum absolute atomic E-state index is 0.0732. The molecule has 2 rings (SSSR count). The summed E-state index contributed by atoms with van der Waals surface area (Å²) < 4.78 is 10.0. The van der Waals surface area contributed by atoms with Crippen LogP contribution in [0.1, 0.15) is 24.4 Å². The maximum Gasteiger partial charge on any atom is 0.329 e. The molecule has 0 saturated carbocycles. The van der Waals surface area contributed by atoms with Crippen molar-refractivity contribution >= 4 is 46.7 Å². The van der Waals surface area contributed by atoms with Crippen molar-refractivity contribution in [2.24, 2.45) is 5.92 Å². The molecule has 2 aromatic rings. The van der Waals surface area contributed by atoms with E-state index in [2.05, 4.69) is 10.6 Å². The van der Waals surface area contributed by atoms with Crippen LogP contribution in [0.15, 0.2) is 41.0 Å². The van der Waals surface area contributed by atoms with Gasteiger partial charge in [-0.3, -0.25) is 9.59 Å². The monoisotopic (exact) mass is 412 g/mol. The highest BCUT2D eigenvalue weighted by atomic mass is 35.5. The first-order chi connectivity index (χ1) is 12.8. The zero-order valence-electron chi connectivity index (χ0n) is 14.6. The molecular formula is C18H18Cl2N2O5. The zero-order valence-corrected chi connectivity index (χ0v) is 16.1. The summed E-state index contributed by atoms with van der Waals surface area (Å²) in [4.78, 5) is 36.3. The summed E-state index contributed by atoms with van der Waals surface area (Å²) in [6.07, 6.45) is 1.35. The number of carbonyl (C=O) groups excluding carboxylic acids is 3. The molecule has 1 aromatic carbocycles. The van der Waals surface area contributed by atoms with E-state index in [0.29, 0.717) is 15.7 Å². The molecule has 0 saturated heterocycles. The highest BCUT2D eigenvalue weighted by molar-refractivity contribution is 6.35. The van der Waals surface area contributed by atoms with Gasteiger partial charge in [-0.1, -0.05) is 37.0 Å². The van der Waals surface area contributed by atoms with Gasteiger partial charge in [0, 0.05) is 15.7 Å². The van der Waals surface area contributed by atoms with Gasteiger partial charge in [-0.25, -0.2) is 4.79 Å². The Morgan fingerprint density at radius 1 is 1.15 bits per heavy atom. The first kappa shape index (κ1) is 20.8. The predicted molar refractivity (Wildman–Crippen MR) is 101 cm³/mol. The topological polar surface area (TPSA) is 97.6 Å². The van der Waals surface area contributed by atoms with E-state index in [1.54, 1.807) is 19.9 Å². The van der Waals surface area contributed by atoms with Crippen molar-refractivity contribution in [2.75, 3.05) is 11.9 Å². The third-order valence-electron chi connectivity index (χ3n) is 3.44. The summed E-state index contributed by atoms with van der Waals surface area (Å²) in [6.45, 7) is 2.95. The Morgan fingerprint density at radius 3 is 2.37 bits per heavy atom. The molecular weight excluding hydrogens is 395 g/mol. The molecule has 0 aliphatic carbocycles. The maximum absolute atomic E-state index is 12.3. The van der Waals surface area contributed by atoms with Gasteiger partial charge in [0.25, 0.3) is 11.8 Å². The molecule has 1 heterocycles. The normalized spacial score (nSPS) is 11.7. The van der Waals surface area contributed by atoms with Crippen LogP contribution >= 0.6 is 23.2 Å². The average Bonchev–Trinajstić information content (AvgIpc) is 3.10. The summed E-state index contributed by atoms with van der Waals surface area (Å²) in [5.41, 5.74) is 0.375. The van der Waals surface area contributed by atoms with Crippen LogP contribution in [0.5, 0.6) is 0 Å². The highest BCUT2D eigenvalue weighted by Crippen LogP contribution is 2.22. The predicted octanol–water partition coefficient (Wildman–Crippen LogP) is 3.52. The number of nitrogens with one attached hydrogen (secondary N) is 2. The molecule has 2 amide bonds. The Hall–Kier alpha value is -2.51. The molecule has 1 aromatic heterocycles. The summed E-state index contributed by atoms with van der Waals surface area (Å²) in [5, 5.41) is 5.77. The number of benzene rings is 1. The molecule has 9 heteroatoms. The van der Waals surface area contributed by atoms with Gasteiger partial charge in [0.1, 0.15) is 6.04 Å². The Balaban J connectivity index is 1.91. The lowest BCUT2D eigenvalue weighted by Crippen LogP contribution is -2.45. The van der Waals surface area contributed by atoms with Gasteiger partial charge >= 0.3 is 5.97 Å². The van der Waals surface area contributed by atoms with Crippen LogP contribution in [0.25, 0.3) is 0 Å². The Bertz CT molecular complexity index is 801. The molecule has 0 aliphatic heterocycles. The summed E-state index contributed by atoms with van der Waals surface area (Å²) in [6, 6.07) is 6.64. The van der Waals surface area contributed by atoms with Crippen molar-refractivity contribution in [3.05, 3.63) is 52.4 Å². The van der Waals surface area contributed by atoms with Crippen molar-refractivity contribution in [2.45, 2.75) is 19.9 Å². The van der Waals surface area contributed by atoms with E-state index in [0.717, 1.165) is 0 Å². The largest absolute Gasteiger partial charge is 0.459 e. The van der Waals surface area contributed by atoms with Gasteiger partial charge in [0.05, 0.1) is 6.26 Å². The number of esters is 1. The first-order valence-electron chi connectivity index (χ1n) is 8.03. The van der Waals surface area contributed by atoms with E-state index >= 15 is 0 Å². The molecule has 0 spiro atoms. The van der Waals surface area contributed by atoms with E-state index < -0.39 is 30.4 Å². The van der Waals surface area contributed by atoms with Crippen molar-refractivity contribution in [3.63, 3.8) is 0 Å². The minimum Gasteiger partial charge on any atom is -0.459 e. The lowest BCUT2D eigenvalue weighted by Gasteiger charge is -2.20. The molecule has 0 fully saturated rings. The fourth-order valence-corrected chi connectivity index (χ4v) is 2.69. The second kappa shape index (κ2) is 9.43. The number of furan rings is 1. The summed E-state index contributed by atoms with van der Waals surface area (Å²) in [5.74, 6) is -2.03. The van der Waals surface area contributed by atoms with Gasteiger partial charge in [-0.05, 0) is 36.2 Å². The van der Waals surface area contributed by atoms with Gasteiger partial charge in [-0.2, -0.15) is 0 Å². The number of halogens is 2. The van der Waals surface area contributed by atoms with Gasteiger partial charge in [0.15, 0.2) is 12.4 Å². The number of amides is 2. The van der Waals surface area contributed by atoms with Crippen molar-refractivity contribution < 1.29 is 23.5 Å². The number of anilines is 1. The number of carbonyl (C=O) groups is 3. The molecule has 0 radical (unpaired) electrons. The third kappa shape index (κ3) is 6.30. The van der Waals surface area contributed by atoms with Gasteiger partial charge in [-0.15, -0.1) is 0 Å². The van der Waals surface area contributed by atoms with Gasteiger partial charge < -0.3 is 19.8 Å². The Labute approximate surface area is 166 Å². The quantitative estimate of drug-likeness (QED) is 0.677. The van der Waals surface area contributed by atoms with E-state index in [1.165, 1.54) is 30.5 Å². The Morgan fingerprint density at radius 2 is 1.81 bits per heavy atom. The van der Waals surface area contributed by atoms with Crippen LogP contribution in [-0.2, 0) is 14.3 Å². The number of hydrogen-bond donors (Lipinski definition) is 2. The van der Waals surface area contributed by atoms with E-state index in [1.807, 2.05) is 0 Å². The maximum atomic E-state index is 12.3. The number of ether oxygens (including phenoxy) is 1. The zero-order chi connectivity index (χ0) is 20.0. The van der Waals surface area contributed by atoms with E-state index in [-0.39, 0.29) is 11.7 Å².